The van der Waals surface area contributed by atoms with Crippen LogP contribution in [-0.4, -0.2) is 34.4 Å². The summed E-state index contributed by atoms with van der Waals surface area (Å²) in [5, 5.41) is 0. The first-order valence-corrected chi connectivity index (χ1v) is 7.38. The summed E-state index contributed by atoms with van der Waals surface area (Å²) in [5.41, 5.74) is 1.70. The van der Waals surface area contributed by atoms with E-state index in [-0.39, 0.29) is 10.5 Å². The predicted octanol–water partition coefficient (Wildman–Crippen LogP) is 3.01. The number of carbonyl (C=O) groups is 1. The average molecular weight is 264 g/mol. The van der Waals surface area contributed by atoms with E-state index in [0.29, 0.717) is 12.1 Å². The molecule has 0 bridgehead atoms. The van der Waals surface area contributed by atoms with Gasteiger partial charge in [0.15, 0.2) is 5.78 Å². The number of Topliss-reactive ketones (excluding diaryl/α,β-unsaturated/α-hetero) is 1. The zero-order chi connectivity index (χ0) is 13.2. The molecule has 2 heterocycles. The number of thioether (sulfide) groups is 1. The molecule has 0 aliphatic carbocycles. The van der Waals surface area contributed by atoms with Gasteiger partial charge in [0.2, 0.25) is 0 Å². The van der Waals surface area contributed by atoms with Crippen molar-refractivity contribution in [2.45, 2.75) is 31.9 Å². The lowest BCUT2D eigenvalue weighted by Gasteiger charge is -2.38. The van der Waals surface area contributed by atoms with E-state index < -0.39 is 0 Å². The summed E-state index contributed by atoms with van der Waals surface area (Å²) < 4.78 is 0.288. The fourth-order valence-electron chi connectivity index (χ4n) is 2.16. The number of hydrogen-bond donors (Lipinski definition) is 0. The third-order valence-electron chi connectivity index (χ3n) is 3.15. The van der Waals surface area contributed by atoms with Crippen LogP contribution in [0.25, 0.3) is 0 Å². The molecule has 4 heteroatoms. The molecule has 1 aromatic rings. The number of ketones is 1. The van der Waals surface area contributed by atoms with E-state index in [1.54, 1.807) is 0 Å². The van der Waals surface area contributed by atoms with Gasteiger partial charge in [-0.2, -0.15) is 11.8 Å². The number of aromatic nitrogens is 1. The highest BCUT2D eigenvalue weighted by molar-refractivity contribution is 8.00. The molecule has 0 saturated carbocycles. The van der Waals surface area contributed by atoms with Gasteiger partial charge in [0.25, 0.3) is 0 Å². The Hall–Kier alpha value is -1.03. The molecule has 0 N–H and O–H groups in total. The Morgan fingerprint density at radius 1 is 1.50 bits per heavy atom. The van der Waals surface area contributed by atoms with Crippen LogP contribution in [0.2, 0.25) is 0 Å². The molecule has 1 saturated heterocycles. The SMILES string of the molecule is CCC(=O)c1ccc(N2CCSC(C)(C)C2)cn1. The van der Waals surface area contributed by atoms with Crippen molar-refractivity contribution < 1.29 is 4.79 Å². The largest absolute Gasteiger partial charge is 0.368 e. The number of carbonyl (C=O) groups excluding carboxylic acids is 1. The van der Waals surface area contributed by atoms with Gasteiger partial charge in [-0.15, -0.1) is 0 Å². The van der Waals surface area contributed by atoms with Crippen molar-refractivity contribution in [2.75, 3.05) is 23.7 Å². The second-order valence-electron chi connectivity index (χ2n) is 5.21. The fraction of sp³-hybridized carbons (Fsp3) is 0.571. The molecule has 1 aliphatic rings. The summed E-state index contributed by atoms with van der Waals surface area (Å²) in [6, 6.07) is 3.86. The first kappa shape index (κ1) is 13.4. The summed E-state index contributed by atoms with van der Waals surface area (Å²) >= 11 is 2.01. The average Bonchev–Trinajstić information content (AvgIpc) is 2.37. The van der Waals surface area contributed by atoms with E-state index in [1.807, 2.05) is 37.0 Å². The second kappa shape index (κ2) is 5.31. The molecule has 0 aromatic carbocycles. The maximum atomic E-state index is 11.5. The van der Waals surface area contributed by atoms with E-state index in [1.165, 1.54) is 0 Å². The topological polar surface area (TPSA) is 33.2 Å². The molecule has 0 spiro atoms. The first-order valence-electron chi connectivity index (χ1n) is 6.40. The lowest BCUT2D eigenvalue weighted by Crippen LogP contribution is -2.43. The Labute approximate surface area is 113 Å². The molecule has 1 aliphatic heterocycles. The zero-order valence-electron chi connectivity index (χ0n) is 11.3. The van der Waals surface area contributed by atoms with E-state index in [4.69, 9.17) is 0 Å². The van der Waals surface area contributed by atoms with Crippen molar-refractivity contribution in [1.82, 2.24) is 4.98 Å². The monoisotopic (exact) mass is 264 g/mol. The van der Waals surface area contributed by atoms with Crippen molar-refractivity contribution in [3.05, 3.63) is 24.0 Å². The molecule has 98 valence electrons. The van der Waals surface area contributed by atoms with Crippen LogP contribution in [0.15, 0.2) is 18.3 Å². The van der Waals surface area contributed by atoms with Gasteiger partial charge in [0, 0.05) is 30.0 Å². The van der Waals surface area contributed by atoms with E-state index >= 15 is 0 Å². The number of pyridine rings is 1. The number of rotatable bonds is 3. The summed E-state index contributed by atoms with van der Waals surface area (Å²) in [5.74, 6) is 1.25. The van der Waals surface area contributed by atoms with E-state index in [0.717, 1.165) is 24.5 Å². The molecule has 1 fully saturated rings. The molecular weight excluding hydrogens is 244 g/mol. The van der Waals surface area contributed by atoms with Gasteiger partial charge in [-0.1, -0.05) is 6.92 Å². The molecule has 2 rings (SSSR count). The Bertz CT molecular complexity index is 428. The molecule has 0 radical (unpaired) electrons. The third kappa shape index (κ3) is 3.05. The minimum Gasteiger partial charge on any atom is -0.368 e. The summed E-state index contributed by atoms with van der Waals surface area (Å²) in [4.78, 5) is 18.1. The van der Waals surface area contributed by atoms with Gasteiger partial charge in [-0.25, -0.2) is 0 Å². The smallest absolute Gasteiger partial charge is 0.180 e. The molecule has 0 amide bonds. The Morgan fingerprint density at radius 3 is 2.83 bits per heavy atom. The zero-order valence-corrected chi connectivity index (χ0v) is 12.1. The minimum atomic E-state index is 0.107. The highest BCUT2D eigenvalue weighted by atomic mass is 32.2. The first-order chi connectivity index (χ1) is 8.52. The maximum Gasteiger partial charge on any atom is 0.180 e. The van der Waals surface area contributed by atoms with Crippen molar-refractivity contribution in [1.29, 1.82) is 0 Å². The molecule has 1 aromatic heterocycles. The van der Waals surface area contributed by atoms with Crippen LogP contribution >= 0.6 is 11.8 Å². The molecule has 3 nitrogen and oxygen atoms in total. The predicted molar refractivity (Wildman–Crippen MR) is 77.6 cm³/mol. The van der Waals surface area contributed by atoms with E-state index in [2.05, 4.69) is 23.7 Å². The molecular formula is C14H20N2OS. The van der Waals surface area contributed by atoms with Crippen molar-refractivity contribution in [2.24, 2.45) is 0 Å². The van der Waals surface area contributed by atoms with Gasteiger partial charge < -0.3 is 4.90 Å². The number of nitrogens with zero attached hydrogens (tertiary/aromatic N) is 2. The fourth-order valence-corrected chi connectivity index (χ4v) is 3.27. The molecule has 0 atom stereocenters. The molecule has 0 unspecified atom stereocenters. The highest BCUT2D eigenvalue weighted by Crippen LogP contribution is 2.31. The standard InChI is InChI=1S/C14H20N2OS/c1-4-13(17)12-6-5-11(9-15-12)16-7-8-18-14(2,3)10-16/h5-6,9H,4,7-8,10H2,1-3H3. The van der Waals surface area contributed by atoms with Crippen LogP contribution < -0.4 is 4.90 Å². The van der Waals surface area contributed by atoms with Gasteiger partial charge in [0.1, 0.15) is 5.69 Å². The van der Waals surface area contributed by atoms with Crippen LogP contribution in [0.5, 0.6) is 0 Å². The summed E-state index contributed by atoms with van der Waals surface area (Å²) in [6.07, 6.45) is 2.34. The number of hydrogen-bond acceptors (Lipinski definition) is 4. The van der Waals surface area contributed by atoms with Crippen molar-refractivity contribution in [3.63, 3.8) is 0 Å². The highest BCUT2D eigenvalue weighted by Gasteiger charge is 2.27. The lowest BCUT2D eigenvalue weighted by atomic mass is 10.1. The van der Waals surface area contributed by atoms with Crippen LogP contribution in [0, 0.1) is 0 Å². The minimum absolute atomic E-state index is 0.107. The third-order valence-corrected chi connectivity index (χ3v) is 4.44. The summed E-state index contributed by atoms with van der Waals surface area (Å²) in [7, 11) is 0. The van der Waals surface area contributed by atoms with Crippen molar-refractivity contribution in [3.8, 4) is 0 Å². The Morgan fingerprint density at radius 2 is 2.28 bits per heavy atom. The second-order valence-corrected chi connectivity index (χ2v) is 7.01. The normalized spacial score (nSPS) is 18.7. The van der Waals surface area contributed by atoms with Crippen molar-refractivity contribution >= 4 is 23.2 Å². The van der Waals surface area contributed by atoms with Gasteiger partial charge in [0.05, 0.1) is 11.9 Å². The van der Waals surface area contributed by atoms with Gasteiger partial charge >= 0.3 is 0 Å². The quantitative estimate of drug-likeness (QED) is 0.786. The van der Waals surface area contributed by atoms with Crippen LogP contribution in [-0.2, 0) is 0 Å². The number of anilines is 1. The molecule has 18 heavy (non-hydrogen) atoms. The van der Waals surface area contributed by atoms with Gasteiger partial charge in [-0.05, 0) is 26.0 Å². The maximum absolute atomic E-state index is 11.5. The van der Waals surface area contributed by atoms with Crippen LogP contribution in [0.4, 0.5) is 5.69 Å². The Balaban J connectivity index is 2.12. The van der Waals surface area contributed by atoms with Gasteiger partial charge in [-0.3, -0.25) is 9.78 Å². The lowest BCUT2D eigenvalue weighted by molar-refractivity contribution is 0.0983. The van der Waals surface area contributed by atoms with E-state index in [9.17, 15) is 4.79 Å². The van der Waals surface area contributed by atoms with Crippen LogP contribution in [0.1, 0.15) is 37.7 Å². The Kier molecular flexibility index (Phi) is 3.95. The summed E-state index contributed by atoms with van der Waals surface area (Å²) in [6.45, 7) is 8.48. The van der Waals surface area contributed by atoms with Crippen LogP contribution in [0.3, 0.4) is 0 Å².